The van der Waals surface area contributed by atoms with Gasteiger partial charge < -0.3 is 5.32 Å². The largest absolute Gasteiger partial charge is 0.354 e. The highest BCUT2D eigenvalue weighted by Gasteiger charge is 2.29. The van der Waals surface area contributed by atoms with Gasteiger partial charge in [-0.05, 0) is 38.0 Å². The van der Waals surface area contributed by atoms with E-state index in [1.165, 1.54) is 16.4 Å². The van der Waals surface area contributed by atoms with Gasteiger partial charge in [-0.3, -0.25) is 9.69 Å². The molecule has 1 atom stereocenters. The Morgan fingerprint density at radius 3 is 2.18 bits per heavy atom. The molecule has 1 saturated heterocycles. The van der Waals surface area contributed by atoms with Gasteiger partial charge in [0, 0.05) is 32.7 Å². The third kappa shape index (κ3) is 5.98. The van der Waals surface area contributed by atoms with Crippen LogP contribution in [0.15, 0.2) is 29.2 Å². The Bertz CT molecular complexity index is 877. The van der Waals surface area contributed by atoms with E-state index in [1.54, 1.807) is 26.0 Å². The molecule has 1 fully saturated rings. The Morgan fingerprint density at radius 1 is 1.11 bits per heavy atom. The summed E-state index contributed by atoms with van der Waals surface area (Å²) in [5.74, 6) is -0.0331. The van der Waals surface area contributed by atoms with Gasteiger partial charge in [0.15, 0.2) is 0 Å². The van der Waals surface area contributed by atoms with Gasteiger partial charge in [0.1, 0.15) is 0 Å². The average molecular weight is 433 g/mol. The van der Waals surface area contributed by atoms with Crippen molar-refractivity contribution >= 4 is 26.0 Å². The first kappa shape index (κ1) is 22.8. The summed E-state index contributed by atoms with van der Waals surface area (Å²) in [6.45, 7) is 5.67. The van der Waals surface area contributed by atoms with Crippen molar-refractivity contribution in [2.24, 2.45) is 5.14 Å². The number of sulfonamides is 2. The van der Waals surface area contributed by atoms with Crippen LogP contribution in [0.25, 0.3) is 0 Å². The first-order valence-corrected chi connectivity index (χ1v) is 12.3. The highest BCUT2D eigenvalue weighted by Crippen LogP contribution is 2.11. The van der Waals surface area contributed by atoms with Gasteiger partial charge in [0.2, 0.25) is 26.0 Å². The van der Waals surface area contributed by atoms with Crippen LogP contribution in [0.2, 0.25) is 0 Å². The number of primary sulfonamides is 1. The van der Waals surface area contributed by atoms with E-state index in [0.29, 0.717) is 39.1 Å². The molecule has 1 unspecified atom stereocenters. The molecule has 0 radical (unpaired) electrons. The second-order valence-electron chi connectivity index (χ2n) is 6.74. The number of nitrogens with one attached hydrogen (secondary N) is 1. The first-order chi connectivity index (χ1) is 13.0. The van der Waals surface area contributed by atoms with E-state index in [9.17, 15) is 21.6 Å². The van der Waals surface area contributed by atoms with Crippen molar-refractivity contribution in [1.29, 1.82) is 0 Å². The molecule has 3 N–H and O–H groups in total. The van der Waals surface area contributed by atoms with E-state index in [-0.39, 0.29) is 22.6 Å². The third-order valence-corrected chi connectivity index (χ3v) is 7.73. The van der Waals surface area contributed by atoms with E-state index < -0.39 is 20.0 Å². The van der Waals surface area contributed by atoms with E-state index in [1.807, 2.05) is 4.90 Å². The zero-order chi connectivity index (χ0) is 20.9. The molecule has 1 aliphatic heterocycles. The minimum Gasteiger partial charge on any atom is -0.354 e. The highest BCUT2D eigenvalue weighted by molar-refractivity contribution is 7.89. The quantitative estimate of drug-likeness (QED) is 0.561. The summed E-state index contributed by atoms with van der Waals surface area (Å²) in [4.78, 5) is 14.4. The molecule has 0 saturated carbocycles. The summed E-state index contributed by atoms with van der Waals surface area (Å²) < 4.78 is 47.8. The van der Waals surface area contributed by atoms with E-state index in [0.717, 1.165) is 5.56 Å². The second kappa shape index (κ2) is 9.31. The number of carbonyl (C=O) groups is 1. The van der Waals surface area contributed by atoms with E-state index >= 15 is 0 Å². The number of piperazine rings is 1. The molecule has 2 rings (SSSR count). The van der Waals surface area contributed by atoms with Crippen LogP contribution in [0.5, 0.6) is 0 Å². The molecular weight excluding hydrogens is 404 g/mol. The topological polar surface area (TPSA) is 130 Å². The lowest BCUT2D eigenvalue weighted by Gasteiger charge is -2.36. The molecule has 158 valence electrons. The van der Waals surface area contributed by atoms with Crippen molar-refractivity contribution in [3.05, 3.63) is 29.8 Å². The van der Waals surface area contributed by atoms with Gasteiger partial charge in [-0.1, -0.05) is 12.1 Å². The predicted molar refractivity (Wildman–Crippen MR) is 107 cm³/mol. The number of benzene rings is 1. The predicted octanol–water partition coefficient (Wildman–Crippen LogP) is -0.651. The number of hydrogen-bond acceptors (Lipinski definition) is 6. The Morgan fingerprint density at radius 2 is 1.68 bits per heavy atom. The lowest BCUT2D eigenvalue weighted by atomic mass is 10.1. The van der Waals surface area contributed by atoms with E-state index in [2.05, 4.69) is 5.32 Å². The van der Waals surface area contributed by atoms with Crippen molar-refractivity contribution in [1.82, 2.24) is 14.5 Å². The molecule has 1 aromatic rings. The lowest BCUT2D eigenvalue weighted by Crippen LogP contribution is -2.55. The van der Waals surface area contributed by atoms with Gasteiger partial charge in [0.05, 0.1) is 16.7 Å². The summed E-state index contributed by atoms with van der Waals surface area (Å²) in [5, 5.41) is 7.94. The summed E-state index contributed by atoms with van der Waals surface area (Å²) in [7, 11) is -6.90. The van der Waals surface area contributed by atoms with Crippen LogP contribution in [0.4, 0.5) is 0 Å². The minimum absolute atomic E-state index is 0.0538. The lowest BCUT2D eigenvalue weighted by molar-refractivity contribution is -0.126. The molecule has 0 spiro atoms. The number of amides is 1. The van der Waals surface area contributed by atoms with Crippen molar-refractivity contribution in [2.75, 3.05) is 38.5 Å². The number of carbonyl (C=O) groups excluding carboxylic acids is 1. The highest BCUT2D eigenvalue weighted by atomic mass is 32.2. The minimum atomic E-state index is -3.71. The maximum Gasteiger partial charge on any atom is 0.238 e. The number of hydrogen-bond donors (Lipinski definition) is 2. The fourth-order valence-electron chi connectivity index (χ4n) is 3.04. The van der Waals surface area contributed by atoms with Gasteiger partial charge in [-0.15, -0.1) is 0 Å². The van der Waals surface area contributed by atoms with Gasteiger partial charge in [-0.25, -0.2) is 22.0 Å². The van der Waals surface area contributed by atoms with Crippen molar-refractivity contribution in [3.63, 3.8) is 0 Å². The zero-order valence-corrected chi connectivity index (χ0v) is 17.8. The van der Waals surface area contributed by atoms with Gasteiger partial charge in [-0.2, -0.15) is 4.31 Å². The Kier molecular flexibility index (Phi) is 7.57. The van der Waals surface area contributed by atoms with Crippen LogP contribution >= 0.6 is 0 Å². The number of rotatable bonds is 8. The molecule has 0 aromatic heterocycles. The third-order valence-electron chi connectivity index (χ3n) is 4.92. The first-order valence-electron chi connectivity index (χ1n) is 9.16. The van der Waals surface area contributed by atoms with Crippen LogP contribution in [0.1, 0.15) is 19.4 Å². The molecular formula is C17H28N4O5S2. The summed E-state index contributed by atoms with van der Waals surface area (Å²) in [6, 6.07) is 5.87. The Balaban J connectivity index is 1.79. The zero-order valence-electron chi connectivity index (χ0n) is 16.2. The molecule has 0 aliphatic carbocycles. The molecule has 0 bridgehead atoms. The SMILES string of the molecule is CCS(=O)(=O)N1CCN(C(C)C(=O)NCCc2ccc(S(N)(=O)=O)cc2)CC1. The Hall–Kier alpha value is -1.53. The molecule has 9 nitrogen and oxygen atoms in total. The fraction of sp³-hybridized carbons (Fsp3) is 0.588. The van der Waals surface area contributed by atoms with Gasteiger partial charge in [0.25, 0.3) is 0 Å². The molecule has 1 aromatic carbocycles. The molecule has 11 heteroatoms. The molecule has 28 heavy (non-hydrogen) atoms. The summed E-state index contributed by atoms with van der Waals surface area (Å²) >= 11 is 0. The van der Waals surface area contributed by atoms with Crippen molar-refractivity contribution < 1.29 is 21.6 Å². The second-order valence-corrected chi connectivity index (χ2v) is 10.6. The number of nitrogens with two attached hydrogens (primary N) is 1. The number of nitrogens with zero attached hydrogens (tertiary/aromatic N) is 2. The van der Waals surface area contributed by atoms with Crippen molar-refractivity contribution in [3.8, 4) is 0 Å². The monoisotopic (exact) mass is 432 g/mol. The normalized spacial score (nSPS) is 18.0. The van der Waals surface area contributed by atoms with Gasteiger partial charge >= 0.3 is 0 Å². The standard InChI is InChI=1S/C17H28N4O5S2/c1-3-27(23,24)21-12-10-20(11-13-21)14(2)17(22)19-9-8-15-4-6-16(7-5-15)28(18,25)26/h4-7,14H,3,8-13H2,1-2H3,(H,19,22)(H2,18,25,26). The average Bonchev–Trinajstić information content (AvgIpc) is 2.67. The maximum absolute atomic E-state index is 12.4. The summed E-state index contributed by atoms with van der Waals surface area (Å²) in [5.41, 5.74) is 0.888. The van der Waals surface area contributed by atoms with E-state index in [4.69, 9.17) is 5.14 Å². The molecule has 1 amide bonds. The van der Waals surface area contributed by atoms with Crippen LogP contribution in [0.3, 0.4) is 0 Å². The van der Waals surface area contributed by atoms with Crippen LogP contribution in [-0.4, -0.2) is 76.5 Å². The smallest absolute Gasteiger partial charge is 0.238 e. The maximum atomic E-state index is 12.4. The van der Waals surface area contributed by atoms with Crippen LogP contribution < -0.4 is 10.5 Å². The van der Waals surface area contributed by atoms with Crippen LogP contribution in [0, 0.1) is 0 Å². The van der Waals surface area contributed by atoms with Crippen LogP contribution in [-0.2, 0) is 31.3 Å². The Labute approximate surface area is 167 Å². The fourth-order valence-corrected chi connectivity index (χ4v) is 4.64. The summed E-state index contributed by atoms with van der Waals surface area (Å²) in [6.07, 6.45) is 0.561. The molecule has 1 aliphatic rings. The van der Waals surface area contributed by atoms with Crippen molar-refractivity contribution in [2.45, 2.75) is 31.2 Å². The molecule has 1 heterocycles.